The zero-order valence-corrected chi connectivity index (χ0v) is 24.8. The number of pyridine rings is 2. The first-order chi connectivity index (χ1) is 22.8. The molecule has 0 radical (unpaired) electrons. The molecule has 3 heteroatoms. The quantitative estimate of drug-likeness (QED) is 0.189. The summed E-state index contributed by atoms with van der Waals surface area (Å²) in [5.41, 5.74) is 13.1. The summed E-state index contributed by atoms with van der Waals surface area (Å²) in [5.74, 6) is 1.79. The molecule has 0 bridgehead atoms. The first kappa shape index (κ1) is 25.3. The third-order valence-corrected chi connectivity index (χ3v) is 9.77. The summed E-state index contributed by atoms with van der Waals surface area (Å²) in [4.78, 5) is 9.79. The molecule has 0 N–H and O–H groups in total. The minimum Gasteiger partial charge on any atom is -0.457 e. The topological polar surface area (TPSA) is 35.0 Å². The zero-order valence-electron chi connectivity index (χ0n) is 24.8. The van der Waals surface area contributed by atoms with Crippen molar-refractivity contribution in [2.45, 2.75) is 5.41 Å². The van der Waals surface area contributed by atoms with Crippen LogP contribution in [0.5, 0.6) is 11.5 Å². The normalized spacial score (nSPS) is 13.6. The van der Waals surface area contributed by atoms with Crippen LogP contribution in [-0.2, 0) is 5.41 Å². The van der Waals surface area contributed by atoms with Gasteiger partial charge < -0.3 is 4.74 Å². The number of hydrogen-bond acceptors (Lipinski definition) is 3. The average Bonchev–Trinajstić information content (AvgIpc) is 3.42. The molecule has 1 spiro atoms. The van der Waals surface area contributed by atoms with Crippen molar-refractivity contribution >= 4 is 21.8 Å². The molecule has 0 fully saturated rings. The van der Waals surface area contributed by atoms with E-state index in [-0.39, 0.29) is 0 Å². The van der Waals surface area contributed by atoms with Crippen molar-refractivity contribution in [3.8, 4) is 45.0 Å². The maximum absolute atomic E-state index is 6.64. The molecule has 1 aliphatic heterocycles. The minimum atomic E-state index is -0.487. The maximum atomic E-state index is 6.64. The van der Waals surface area contributed by atoms with Crippen LogP contribution in [0.4, 0.5) is 0 Å². The van der Waals surface area contributed by atoms with Crippen LogP contribution in [0.1, 0.15) is 22.3 Å². The Bertz CT molecular complexity index is 2490. The fourth-order valence-corrected chi connectivity index (χ4v) is 7.78. The molecule has 3 heterocycles. The Labute approximate surface area is 266 Å². The van der Waals surface area contributed by atoms with Crippen LogP contribution in [0.15, 0.2) is 158 Å². The van der Waals surface area contributed by atoms with E-state index < -0.39 is 5.41 Å². The summed E-state index contributed by atoms with van der Waals surface area (Å²) >= 11 is 0. The largest absolute Gasteiger partial charge is 0.457 e. The molecule has 0 unspecified atom stereocenters. The first-order valence-electron chi connectivity index (χ1n) is 15.7. The van der Waals surface area contributed by atoms with Gasteiger partial charge in [-0.05, 0) is 69.8 Å². The molecule has 1 aliphatic carbocycles. The van der Waals surface area contributed by atoms with Crippen LogP contribution < -0.4 is 4.74 Å². The van der Waals surface area contributed by atoms with E-state index >= 15 is 0 Å². The first-order valence-corrected chi connectivity index (χ1v) is 15.7. The van der Waals surface area contributed by atoms with Crippen LogP contribution in [0.2, 0.25) is 0 Å². The van der Waals surface area contributed by atoms with Gasteiger partial charge in [0, 0.05) is 33.7 Å². The third-order valence-electron chi connectivity index (χ3n) is 9.77. The van der Waals surface area contributed by atoms with E-state index in [1.807, 2.05) is 12.3 Å². The number of benzene rings is 6. The molecule has 8 aromatic rings. The van der Waals surface area contributed by atoms with E-state index in [1.165, 1.54) is 27.8 Å². The lowest BCUT2D eigenvalue weighted by molar-refractivity contribution is 0.436. The third kappa shape index (κ3) is 3.43. The van der Waals surface area contributed by atoms with Crippen LogP contribution in [0.3, 0.4) is 0 Å². The van der Waals surface area contributed by atoms with Crippen molar-refractivity contribution in [2.75, 3.05) is 0 Å². The zero-order chi connectivity index (χ0) is 30.2. The van der Waals surface area contributed by atoms with Crippen molar-refractivity contribution in [1.82, 2.24) is 9.97 Å². The summed E-state index contributed by atoms with van der Waals surface area (Å²) in [6.07, 6.45) is 1.84. The standard InChI is InChI=1S/C43H26N2O/c1-3-14-34-32(12-1)33-13-2-4-15-35(33)43(34)36-16-5-6-17-39(36)46-40-23-21-30(26-37(40)43)29-9-7-10-31(25-29)38-22-20-28-19-18-27-11-8-24-44-41(27)42(28)45-38/h1-26H. The van der Waals surface area contributed by atoms with Crippen LogP contribution in [0.25, 0.3) is 55.3 Å². The number of nitrogens with zero attached hydrogens (tertiary/aromatic N) is 2. The van der Waals surface area contributed by atoms with Gasteiger partial charge in [0.05, 0.1) is 22.1 Å². The molecule has 3 nitrogen and oxygen atoms in total. The molecule has 46 heavy (non-hydrogen) atoms. The van der Waals surface area contributed by atoms with E-state index in [1.54, 1.807) is 0 Å². The number of para-hydroxylation sites is 1. The summed E-state index contributed by atoms with van der Waals surface area (Å²) in [7, 11) is 0. The van der Waals surface area contributed by atoms with Crippen LogP contribution >= 0.6 is 0 Å². The van der Waals surface area contributed by atoms with Crippen LogP contribution in [-0.4, -0.2) is 9.97 Å². The van der Waals surface area contributed by atoms with Crippen molar-refractivity contribution in [2.24, 2.45) is 0 Å². The second-order valence-corrected chi connectivity index (χ2v) is 12.1. The predicted octanol–water partition coefficient (Wildman–Crippen LogP) is 10.6. The molecule has 214 valence electrons. The Hall–Kier alpha value is -6.06. The Morgan fingerprint density at radius 1 is 0.435 bits per heavy atom. The molecule has 0 saturated heterocycles. The lowest BCUT2D eigenvalue weighted by Gasteiger charge is -2.39. The highest BCUT2D eigenvalue weighted by Crippen LogP contribution is 2.62. The van der Waals surface area contributed by atoms with E-state index in [2.05, 4.69) is 151 Å². The van der Waals surface area contributed by atoms with Crippen molar-refractivity contribution < 1.29 is 4.74 Å². The summed E-state index contributed by atoms with van der Waals surface area (Å²) < 4.78 is 6.64. The Kier molecular flexibility index (Phi) is 5.20. The molecule has 10 rings (SSSR count). The molecule has 6 aromatic carbocycles. The minimum absolute atomic E-state index is 0.487. The van der Waals surface area contributed by atoms with Gasteiger partial charge in [0.15, 0.2) is 0 Å². The molecule has 0 amide bonds. The van der Waals surface area contributed by atoms with Gasteiger partial charge in [-0.2, -0.15) is 0 Å². The average molecular weight is 587 g/mol. The molecule has 2 aliphatic rings. The SMILES string of the molecule is c1cc(-c2ccc3c(c2)C2(c4ccccc4O3)c3ccccc3-c3ccccc32)cc(-c2ccc3ccc4cccnc4c3n2)c1. The second-order valence-electron chi connectivity index (χ2n) is 12.1. The van der Waals surface area contributed by atoms with Gasteiger partial charge >= 0.3 is 0 Å². The van der Waals surface area contributed by atoms with Gasteiger partial charge in [-0.1, -0.05) is 115 Å². The van der Waals surface area contributed by atoms with Gasteiger partial charge in [0.1, 0.15) is 11.5 Å². The number of ether oxygens (including phenoxy) is 1. The second kappa shape index (κ2) is 9.47. The fourth-order valence-electron chi connectivity index (χ4n) is 7.78. The molecular formula is C43H26N2O. The van der Waals surface area contributed by atoms with Gasteiger partial charge in [0.25, 0.3) is 0 Å². The predicted molar refractivity (Wildman–Crippen MR) is 185 cm³/mol. The monoisotopic (exact) mass is 586 g/mol. The summed E-state index contributed by atoms with van der Waals surface area (Å²) in [5, 5.41) is 2.18. The lowest BCUT2D eigenvalue weighted by Crippen LogP contribution is -2.32. The molecule has 2 aromatic heterocycles. The van der Waals surface area contributed by atoms with Gasteiger partial charge in [-0.3, -0.25) is 4.98 Å². The smallest absolute Gasteiger partial charge is 0.132 e. The Balaban J connectivity index is 1.17. The number of hydrogen-bond donors (Lipinski definition) is 0. The Morgan fingerprint density at radius 2 is 1.09 bits per heavy atom. The van der Waals surface area contributed by atoms with Crippen molar-refractivity contribution in [3.05, 3.63) is 180 Å². The number of rotatable bonds is 2. The highest BCUT2D eigenvalue weighted by molar-refractivity contribution is 6.03. The highest BCUT2D eigenvalue weighted by atomic mass is 16.5. The molecule has 0 atom stereocenters. The van der Waals surface area contributed by atoms with Gasteiger partial charge in [-0.25, -0.2) is 4.98 Å². The van der Waals surface area contributed by atoms with E-state index in [0.29, 0.717) is 0 Å². The summed E-state index contributed by atoms with van der Waals surface area (Å²) in [6, 6.07) is 54.1. The maximum Gasteiger partial charge on any atom is 0.132 e. The van der Waals surface area contributed by atoms with Crippen molar-refractivity contribution in [3.63, 3.8) is 0 Å². The molecular weight excluding hydrogens is 560 g/mol. The van der Waals surface area contributed by atoms with E-state index in [9.17, 15) is 0 Å². The fraction of sp³-hybridized carbons (Fsp3) is 0.0233. The van der Waals surface area contributed by atoms with Gasteiger partial charge in [-0.15, -0.1) is 0 Å². The Morgan fingerprint density at radius 3 is 1.91 bits per heavy atom. The lowest BCUT2D eigenvalue weighted by atomic mass is 9.66. The number of aromatic nitrogens is 2. The van der Waals surface area contributed by atoms with Crippen LogP contribution in [0, 0.1) is 0 Å². The highest BCUT2D eigenvalue weighted by Gasteiger charge is 2.50. The van der Waals surface area contributed by atoms with E-state index in [4.69, 9.17) is 9.72 Å². The van der Waals surface area contributed by atoms with Gasteiger partial charge in [0.2, 0.25) is 0 Å². The number of fused-ring (bicyclic) bond motifs is 12. The molecule has 0 saturated carbocycles. The van der Waals surface area contributed by atoms with E-state index in [0.717, 1.165) is 61.3 Å². The van der Waals surface area contributed by atoms with Crippen molar-refractivity contribution in [1.29, 1.82) is 0 Å². The summed E-state index contributed by atoms with van der Waals surface area (Å²) in [6.45, 7) is 0.